The summed E-state index contributed by atoms with van der Waals surface area (Å²) < 4.78 is 0. The number of pyridine rings is 1. The average molecular weight is 209 g/mol. The van der Waals surface area contributed by atoms with Crippen LogP contribution in [0.25, 0.3) is 22.0 Å². The molecule has 0 amide bonds. The zero-order chi connectivity index (χ0) is 11.0. The molecule has 0 fully saturated rings. The minimum Gasteiger partial charge on any atom is -0.278 e. The number of nitrogens with one attached hydrogen (secondary N) is 1. The third kappa shape index (κ3) is 1.46. The van der Waals surface area contributed by atoms with Crippen LogP contribution in [0.4, 0.5) is 0 Å². The summed E-state index contributed by atoms with van der Waals surface area (Å²) in [5.41, 5.74) is 4.48. The number of aromatic nitrogens is 3. The molecule has 78 valence electrons. The number of fused-ring (bicyclic) bond motifs is 1. The fourth-order valence-corrected chi connectivity index (χ4v) is 1.85. The van der Waals surface area contributed by atoms with Gasteiger partial charge in [-0.3, -0.25) is 10.1 Å². The fraction of sp³-hybridized carbons (Fsp3) is 0.0769. The lowest BCUT2D eigenvalue weighted by Crippen LogP contribution is -1.82. The Balaban J connectivity index is 2.18. The molecule has 3 rings (SSSR count). The molecule has 1 N–H and O–H groups in total. The Hall–Kier alpha value is -2.16. The second-order valence-corrected chi connectivity index (χ2v) is 3.86. The van der Waals surface area contributed by atoms with E-state index < -0.39 is 0 Å². The Kier molecular flexibility index (Phi) is 1.96. The number of benzene rings is 1. The summed E-state index contributed by atoms with van der Waals surface area (Å²) in [5.74, 6) is 0. The molecule has 3 heteroatoms. The van der Waals surface area contributed by atoms with E-state index in [1.54, 1.807) is 0 Å². The molecule has 0 bridgehead atoms. The molecule has 0 radical (unpaired) electrons. The number of rotatable bonds is 1. The second kappa shape index (κ2) is 3.45. The van der Waals surface area contributed by atoms with Crippen molar-refractivity contribution >= 4 is 10.9 Å². The van der Waals surface area contributed by atoms with E-state index in [4.69, 9.17) is 0 Å². The second-order valence-electron chi connectivity index (χ2n) is 3.86. The molecule has 0 aliphatic rings. The summed E-state index contributed by atoms with van der Waals surface area (Å²) >= 11 is 0. The first-order valence-corrected chi connectivity index (χ1v) is 5.19. The Bertz CT molecular complexity index is 640. The molecular formula is C13H11N3. The third-order valence-electron chi connectivity index (χ3n) is 2.67. The van der Waals surface area contributed by atoms with Crippen molar-refractivity contribution in [1.29, 1.82) is 0 Å². The van der Waals surface area contributed by atoms with Gasteiger partial charge in [0.1, 0.15) is 0 Å². The molecule has 0 saturated carbocycles. The van der Waals surface area contributed by atoms with Crippen molar-refractivity contribution in [1.82, 2.24) is 15.2 Å². The van der Waals surface area contributed by atoms with Gasteiger partial charge in [-0.1, -0.05) is 6.07 Å². The largest absolute Gasteiger partial charge is 0.278 e. The highest BCUT2D eigenvalue weighted by Gasteiger charge is 2.01. The summed E-state index contributed by atoms with van der Waals surface area (Å²) in [4.78, 5) is 4.20. The van der Waals surface area contributed by atoms with E-state index in [0.717, 1.165) is 16.6 Å². The molecule has 0 spiro atoms. The average Bonchev–Trinajstić information content (AvgIpc) is 2.75. The fourth-order valence-electron chi connectivity index (χ4n) is 1.85. The Morgan fingerprint density at radius 2 is 1.94 bits per heavy atom. The number of H-pyrrole nitrogens is 1. The molecule has 0 unspecified atom stereocenters. The third-order valence-corrected chi connectivity index (χ3v) is 2.67. The van der Waals surface area contributed by atoms with Gasteiger partial charge in [-0.25, -0.2) is 0 Å². The highest BCUT2D eigenvalue weighted by molar-refractivity contribution is 5.83. The van der Waals surface area contributed by atoms with Crippen LogP contribution < -0.4 is 0 Å². The molecule has 0 atom stereocenters. The summed E-state index contributed by atoms with van der Waals surface area (Å²) in [6.07, 6.45) is 3.68. The van der Waals surface area contributed by atoms with Gasteiger partial charge in [-0.05, 0) is 42.3 Å². The van der Waals surface area contributed by atoms with Gasteiger partial charge in [0.25, 0.3) is 0 Å². The Labute approximate surface area is 93.2 Å². The standard InChI is InChI=1S/C13H11N3/c1-9-6-11(4-5-14-9)10-2-3-13-12(7-10)8-15-16-13/h2-8H,1H3,(H,15,16). The molecule has 2 aromatic heterocycles. The van der Waals surface area contributed by atoms with Crippen molar-refractivity contribution in [2.45, 2.75) is 6.92 Å². The van der Waals surface area contributed by atoms with Crippen molar-refractivity contribution in [2.24, 2.45) is 0 Å². The molecular weight excluding hydrogens is 198 g/mol. The van der Waals surface area contributed by atoms with Gasteiger partial charge in [0.2, 0.25) is 0 Å². The van der Waals surface area contributed by atoms with Crippen LogP contribution in [0.2, 0.25) is 0 Å². The smallest absolute Gasteiger partial charge is 0.0650 e. The number of hydrogen-bond donors (Lipinski definition) is 1. The van der Waals surface area contributed by atoms with Crippen LogP contribution in [0.3, 0.4) is 0 Å². The summed E-state index contributed by atoms with van der Waals surface area (Å²) in [5, 5.41) is 8.09. The SMILES string of the molecule is Cc1cc(-c2ccc3[nH]ncc3c2)ccn1. The lowest BCUT2D eigenvalue weighted by molar-refractivity contribution is 1.12. The van der Waals surface area contributed by atoms with E-state index in [-0.39, 0.29) is 0 Å². The van der Waals surface area contributed by atoms with Crippen LogP contribution in [0, 0.1) is 6.92 Å². The molecule has 0 aliphatic carbocycles. The predicted octanol–water partition coefficient (Wildman–Crippen LogP) is 2.93. The van der Waals surface area contributed by atoms with E-state index in [1.807, 2.05) is 31.5 Å². The molecule has 2 heterocycles. The van der Waals surface area contributed by atoms with E-state index >= 15 is 0 Å². The lowest BCUT2D eigenvalue weighted by atomic mass is 10.0. The van der Waals surface area contributed by atoms with Crippen LogP contribution in [-0.4, -0.2) is 15.2 Å². The van der Waals surface area contributed by atoms with E-state index in [9.17, 15) is 0 Å². The van der Waals surface area contributed by atoms with Crippen molar-refractivity contribution in [3.05, 3.63) is 48.4 Å². The molecule has 3 aromatic rings. The molecule has 16 heavy (non-hydrogen) atoms. The molecule has 0 aliphatic heterocycles. The van der Waals surface area contributed by atoms with Crippen LogP contribution >= 0.6 is 0 Å². The number of nitrogens with zero attached hydrogens (tertiary/aromatic N) is 2. The van der Waals surface area contributed by atoms with Gasteiger partial charge in [-0.15, -0.1) is 0 Å². The summed E-state index contributed by atoms with van der Waals surface area (Å²) in [6, 6.07) is 10.4. The first kappa shape index (κ1) is 9.09. The highest BCUT2D eigenvalue weighted by atomic mass is 15.1. The first-order valence-electron chi connectivity index (χ1n) is 5.19. The van der Waals surface area contributed by atoms with E-state index in [1.165, 1.54) is 11.1 Å². The van der Waals surface area contributed by atoms with Gasteiger partial charge < -0.3 is 0 Å². The van der Waals surface area contributed by atoms with Gasteiger partial charge in [-0.2, -0.15) is 5.10 Å². The van der Waals surface area contributed by atoms with Crippen molar-refractivity contribution in [3.63, 3.8) is 0 Å². The highest BCUT2D eigenvalue weighted by Crippen LogP contribution is 2.23. The zero-order valence-electron chi connectivity index (χ0n) is 8.94. The topological polar surface area (TPSA) is 41.6 Å². The predicted molar refractivity (Wildman–Crippen MR) is 64.1 cm³/mol. The van der Waals surface area contributed by atoms with Crippen molar-refractivity contribution in [2.75, 3.05) is 0 Å². The zero-order valence-corrected chi connectivity index (χ0v) is 8.94. The maximum Gasteiger partial charge on any atom is 0.0650 e. The van der Waals surface area contributed by atoms with Crippen molar-refractivity contribution < 1.29 is 0 Å². The Morgan fingerprint density at radius 1 is 1.06 bits per heavy atom. The normalized spacial score (nSPS) is 10.8. The first-order chi connectivity index (χ1) is 7.83. The van der Waals surface area contributed by atoms with Crippen molar-refractivity contribution in [3.8, 4) is 11.1 Å². The van der Waals surface area contributed by atoms with E-state index in [2.05, 4.69) is 33.4 Å². The molecule has 3 nitrogen and oxygen atoms in total. The van der Waals surface area contributed by atoms with E-state index in [0.29, 0.717) is 0 Å². The quantitative estimate of drug-likeness (QED) is 0.669. The van der Waals surface area contributed by atoms with Crippen LogP contribution in [0.1, 0.15) is 5.69 Å². The molecule has 1 aromatic carbocycles. The van der Waals surface area contributed by atoms with Crippen LogP contribution in [0.15, 0.2) is 42.7 Å². The van der Waals surface area contributed by atoms with Gasteiger partial charge >= 0.3 is 0 Å². The Morgan fingerprint density at radius 3 is 2.81 bits per heavy atom. The summed E-state index contributed by atoms with van der Waals surface area (Å²) in [6.45, 7) is 2.00. The maximum atomic E-state index is 4.20. The number of aromatic amines is 1. The lowest BCUT2D eigenvalue weighted by Gasteiger charge is -2.02. The number of hydrogen-bond acceptors (Lipinski definition) is 2. The monoisotopic (exact) mass is 209 g/mol. The number of aryl methyl sites for hydroxylation is 1. The van der Waals surface area contributed by atoms with Gasteiger partial charge in [0.15, 0.2) is 0 Å². The maximum absolute atomic E-state index is 4.20. The minimum absolute atomic E-state index is 1.03. The van der Waals surface area contributed by atoms with Crippen LogP contribution in [-0.2, 0) is 0 Å². The van der Waals surface area contributed by atoms with Crippen LogP contribution in [0.5, 0.6) is 0 Å². The minimum atomic E-state index is 1.03. The van der Waals surface area contributed by atoms with Gasteiger partial charge in [0.05, 0.1) is 11.7 Å². The van der Waals surface area contributed by atoms with Gasteiger partial charge in [0, 0.05) is 17.3 Å². The molecule has 0 saturated heterocycles. The summed E-state index contributed by atoms with van der Waals surface area (Å²) in [7, 11) is 0.